The average molecular weight is 501 g/mol. The number of nitrogens with one attached hydrogen (secondary N) is 1. The number of urea groups is 1. The lowest BCUT2D eigenvalue weighted by Crippen LogP contribution is -2.33. The fourth-order valence-electron chi connectivity index (χ4n) is 2.00. The third-order valence-electron chi connectivity index (χ3n) is 3.51. The van der Waals surface area contributed by atoms with Crippen LogP contribution in [0.2, 0.25) is 0 Å². The van der Waals surface area contributed by atoms with E-state index in [0.717, 1.165) is 30.1 Å². The SMILES string of the molecule is C=CC(=O)OCCCC.C=COC(C)=O.CCOC(=O)/C(=C/C(=O)OCC(C)O)N1CCNC1=O. The molecule has 0 aromatic heterocycles. The summed E-state index contributed by atoms with van der Waals surface area (Å²) in [5.41, 5.74) is -0.183. The molecule has 0 spiro atoms. The minimum Gasteiger partial charge on any atom is -0.463 e. The number of aliphatic hydroxyl groups excluding tert-OH is 1. The van der Waals surface area contributed by atoms with Crippen molar-refractivity contribution in [3.8, 4) is 0 Å². The summed E-state index contributed by atoms with van der Waals surface area (Å²) in [5.74, 6) is -2.26. The lowest BCUT2D eigenvalue weighted by Gasteiger charge is -2.16. The summed E-state index contributed by atoms with van der Waals surface area (Å²) in [5, 5.41) is 11.5. The highest BCUT2D eigenvalue weighted by molar-refractivity contribution is 5.99. The van der Waals surface area contributed by atoms with E-state index in [0.29, 0.717) is 13.2 Å². The van der Waals surface area contributed by atoms with E-state index in [1.165, 1.54) is 19.9 Å². The van der Waals surface area contributed by atoms with Crippen LogP contribution in [0, 0.1) is 0 Å². The second-order valence-corrected chi connectivity index (χ2v) is 6.61. The van der Waals surface area contributed by atoms with Crippen LogP contribution in [0.25, 0.3) is 0 Å². The molecule has 0 bridgehead atoms. The molecule has 0 saturated carbocycles. The zero-order valence-corrected chi connectivity index (χ0v) is 20.7. The predicted molar refractivity (Wildman–Crippen MR) is 125 cm³/mol. The molecule has 1 heterocycles. The molecular weight excluding hydrogens is 464 g/mol. The number of carbonyl (C=O) groups excluding carboxylic acids is 5. The van der Waals surface area contributed by atoms with Gasteiger partial charge in [-0.1, -0.05) is 26.5 Å². The van der Waals surface area contributed by atoms with Gasteiger partial charge in [-0.3, -0.25) is 9.69 Å². The van der Waals surface area contributed by atoms with Crippen molar-refractivity contribution in [1.29, 1.82) is 0 Å². The van der Waals surface area contributed by atoms with Crippen molar-refractivity contribution in [3.63, 3.8) is 0 Å². The van der Waals surface area contributed by atoms with E-state index in [-0.39, 0.29) is 37.4 Å². The van der Waals surface area contributed by atoms with E-state index >= 15 is 0 Å². The standard InChI is InChI=1S/C12H18N2O6.C7H12O2.C4H6O2/c1-3-19-11(17)9(14-5-4-13-12(14)18)6-10(16)20-7-8(2)15;1-3-5-6-9-7(8)4-2;1-3-6-4(2)5/h6,8,15H,3-5,7H2,1-2H3,(H,13,18);4H,2-3,5-6H2,1H3;3H,1H2,2H3/b9-6-;;. The Hall–Kier alpha value is -3.67. The monoisotopic (exact) mass is 500 g/mol. The number of rotatable bonds is 11. The second-order valence-electron chi connectivity index (χ2n) is 6.61. The number of hydrogen-bond donors (Lipinski definition) is 2. The van der Waals surface area contributed by atoms with Gasteiger partial charge >= 0.3 is 29.9 Å². The van der Waals surface area contributed by atoms with Crippen molar-refractivity contribution >= 4 is 29.9 Å². The number of ether oxygens (including phenoxy) is 4. The normalized spacial score (nSPS) is 12.9. The van der Waals surface area contributed by atoms with Crippen LogP contribution in [0.5, 0.6) is 0 Å². The van der Waals surface area contributed by atoms with Crippen LogP contribution in [0.15, 0.2) is 37.3 Å². The molecule has 12 heteroatoms. The second kappa shape index (κ2) is 20.9. The third kappa shape index (κ3) is 18.4. The van der Waals surface area contributed by atoms with Gasteiger partial charge in [-0.2, -0.15) is 0 Å². The molecule has 198 valence electrons. The van der Waals surface area contributed by atoms with E-state index in [9.17, 15) is 24.0 Å². The molecule has 1 atom stereocenters. The Labute approximate surface area is 205 Å². The first-order valence-corrected chi connectivity index (χ1v) is 10.9. The summed E-state index contributed by atoms with van der Waals surface area (Å²) in [4.78, 5) is 56.1. The van der Waals surface area contributed by atoms with E-state index < -0.39 is 24.1 Å². The van der Waals surface area contributed by atoms with Crippen molar-refractivity contribution in [1.82, 2.24) is 10.2 Å². The smallest absolute Gasteiger partial charge is 0.355 e. The molecule has 1 aliphatic rings. The van der Waals surface area contributed by atoms with Gasteiger partial charge in [-0.25, -0.2) is 19.2 Å². The number of aliphatic hydroxyl groups is 1. The number of hydrogen-bond acceptors (Lipinski definition) is 10. The minimum atomic E-state index is -0.825. The molecule has 0 radical (unpaired) electrons. The Bertz CT molecular complexity index is 747. The molecule has 0 aromatic rings. The van der Waals surface area contributed by atoms with E-state index in [1.807, 2.05) is 6.92 Å². The van der Waals surface area contributed by atoms with Gasteiger partial charge in [0.15, 0.2) is 0 Å². The maximum absolute atomic E-state index is 11.8. The Kier molecular flexibility index (Phi) is 20.0. The van der Waals surface area contributed by atoms with Gasteiger partial charge in [0.25, 0.3) is 0 Å². The molecule has 1 fully saturated rings. The van der Waals surface area contributed by atoms with Gasteiger partial charge in [0.05, 0.1) is 31.7 Å². The van der Waals surface area contributed by atoms with Gasteiger partial charge in [0, 0.05) is 26.1 Å². The molecule has 35 heavy (non-hydrogen) atoms. The Morgan fingerprint density at radius 3 is 2.20 bits per heavy atom. The highest BCUT2D eigenvalue weighted by atomic mass is 16.5. The Morgan fingerprint density at radius 2 is 1.80 bits per heavy atom. The molecule has 1 unspecified atom stereocenters. The molecule has 1 saturated heterocycles. The summed E-state index contributed by atoms with van der Waals surface area (Å²) < 4.78 is 18.4. The first-order chi connectivity index (χ1) is 16.5. The van der Waals surface area contributed by atoms with Crippen LogP contribution < -0.4 is 5.32 Å². The van der Waals surface area contributed by atoms with Crippen LogP contribution in [-0.2, 0) is 38.1 Å². The number of amides is 2. The van der Waals surface area contributed by atoms with Gasteiger partial charge in [-0.15, -0.1) is 0 Å². The highest BCUT2D eigenvalue weighted by Gasteiger charge is 2.29. The van der Waals surface area contributed by atoms with Crippen molar-refractivity contribution < 1.29 is 48.0 Å². The predicted octanol–water partition coefficient (Wildman–Crippen LogP) is 1.59. The van der Waals surface area contributed by atoms with E-state index in [4.69, 9.17) is 14.6 Å². The van der Waals surface area contributed by atoms with Crippen LogP contribution in [0.3, 0.4) is 0 Å². The van der Waals surface area contributed by atoms with Crippen molar-refractivity contribution in [2.45, 2.75) is 46.6 Å². The summed E-state index contributed by atoms with van der Waals surface area (Å²) >= 11 is 0. The average Bonchev–Trinajstić information content (AvgIpc) is 3.22. The number of carbonyl (C=O) groups is 5. The number of esters is 4. The van der Waals surface area contributed by atoms with Crippen molar-refractivity contribution in [2.75, 3.05) is 32.9 Å². The van der Waals surface area contributed by atoms with Gasteiger partial charge in [-0.05, 0) is 20.3 Å². The molecule has 1 aliphatic heterocycles. The molecular formula is C23H36N2O10. The van der Waals surface area contributed by atoms with Crippen molar-refractivity contribution in [2.24, 2.45) is 0 Å². The maximum Gasteiger partial charge on any atom is 0.355 e. The Morgan fingerprint density at radius 1 is 1.14 bits per heavy atom. The van der Waals surface area contributed by atoms with Gasteiger partial charge < -0.3 is 29.4 Å². The first-order valence-electron chi connectivity index (χ1n) is 10.9. The molecule has 2 N–H and O–H groups in total. The fraction of sp³-hybridized carbons (Fsp3) is 0.522. The zero-order chi connectivity index (χ0) is 27.2. The summed E-state index contributed by atoms with van der Waals surface area (Å²) in [7, 11) is 0. The van der Waals surface area contributed by atoms with E-state index in [2.05, 4.69) is 27.9 Å². The first kappa shape index (κ1) is 33.5. The van der Waals surface area contributed by atoms with Crippen LogP contribution >= 0.6 is 0 Å². The quantitative estimate of drug-likeness (QED) is 0.140. The van der Waals surface area contributed by atoms with Crippen LogP contribution in [0.4, 0.5) is 4.79 Å². The fourth-order valence-corrected chi connectivity index (χ4v) is 2.00. The largest absolute Gasteiger partial charge is 0.463 e. The highest BCUT2D eigenvalue weighted by Crippen LogP contribution is 2.11. The molecule has 1 rings (SSSR count). The molecule has 0 aromatic carbocycles. The lowest BCUT2D eigenvalue weighted by atomic mass is 10.3. The summed E-state index contributed by atoms with van der Waals surface area (Å²) in [6, 6.07) is -0.479. The maximum atomic E-state index is 11.8. The minimum absolute atomic E-state index is 0.119. The summed E-state index contributed by atoms with van der Waals surface area (Å²) in [6.45, 7) is 13.9. The lowest BCUT2D eigenvalue weighted by molar-refractivity contribution is -0.143. The van der Waals surface area contributed by atoms with Crippen molar-refractivity contribution in [3.05, 3.63) is 37.3 Å². The number of unbranched alkanes of at least 4 members (excludes halogenated alkanes) is 1. The Balaban J connectivity index is 0. The third-order valence-corrected chi connectivity index (χ3v) is 3.51. The van der Waals surface area contributed by atoms with E-state index in [1.54, 1.807) is 6.92 Å². The van der Waals surface area contributed by atoms with Crippen LogP contribution in [0.1, 0.15) is 40.5 Å². The molecule has 0 aliphatic carbocycles. The number of nitrogens with zero attached hydrogens (tertiary/aromatic N) is 1. The summed E-state index contributed by atoms with van der Waals surface area (Å²) in [6.07, 6.45) is 4.33. The molecule has 2 amide bonds. The topological polar surface area (TPSA) is 158 Å². The van der Waals surface area contributed by atoms with Crippen LogP contribution in [-0.4, -0.2) is 78.9 Å². The molecule has 12 nitrogen and oxygen atoms in total. The zero-order valence-electron chi connectivity index (χ0n) is 20.7. The van der Waals surface area contributed by atoms with Gasteiger partial charge in [0.1, 0.15) is 12.3 Å². The van der Waals surface area contributed by atoms with Gasteiger partial charge in [0.2, 0.25) is 0 Å².